The molecule has 5 rings (SSSR count). The molecule has 0 saturated carbocycles. The minimum Gasteiger partial charge on any atom is -0.296 e. The summed E-state index contributed by atoms with van der Waals surface area (Å²) in [6, 6.07) is 29.9. The molecule has 0 radical (unpaired) electrons. The van der Waals surface area contributed by atoms with Gasteiger partial charge in [0.05, 0.1) is 17.2 Å². The first-order valence-electron chi connectivity index (χ1n) is 8.84. The quantitative estimate of drug-likeness (QED) is 0.379. The normalized spacial score (nSPS) is 11.3. The van der Waals surface area contributed by atoms with Gasteiger partial charge in [0.15, 0.2) is 0 Å². The Labute approximate surface area is 152 Å². The molecule has 0 bridgehead atoms. The monoisotopic (exact) mass is 334 g/mol. The van der Waals surface area contributed by atoms with Gasteiger partial charge in [-0.25, -0.2) is 4.98 Å². The SMILES string of the molecule is Cc1ncc2c(-c3ccccc3)c(-c3ccccc3)c3ccccc3n12. The lowest BCUT2D eigenvalue weighted by Crippen LogP contribution is -1.97. The number of hydrogen-bond donors (Lipinski definition) is 0. The van der Waals surface area contributed by atoms with E-state index in [1.54, 1.807) is 0 Å². The van der Waals surface area contributed by atoms with Gasteiger partial charge >= 0.3 is 0 Å². The zero-order chi connectivity index (χ0) is 17.5. The molecule has 0 aliphatic carbocycles. The van der Waals surface area contributed by atoms with Crippen LogP contribution in [0.15, 0.2) is 91.1 Å². The van der Waals surface area contributed by atoms with Gasteiger partial charge in [-0.15, -0.1) is 0 Å². The van der Waals surface area contributed by atoms with Crippen molar-refractivity contribution in [1.82, 2.24) is 9.38 Å². The summed E-state index contributed by atoms with van der Waals surface area (Å²) in [5, 5.41) is 1.24. The van der Waals surface area contributed by atoms with Crippen molar-refractivity contribution in [2.45, 2.75) is 6.92 Å². The highest BCUT2D eigenvalue weighted by atomic mass is 15.0. The first-order valence-corrected chi connectivity index (χ1v) is 8.84. The number of para-hydroxylation sites is 1. The Morgan fingerprint density at radius 2 is 1.19 bits per heavy atom. The lowest BCUT2D eigenvalue weighted by Gasteiger charge is -2.17. The second-order valence-corrected chi connectivity index (χ2v) is 6.53. The van der Waals surface area contributed by atoms with Crippen LogP contribution in [0.25, 0.3) is 38.7 Å². The predicted octanol–water partition coefficient (Wildman–Crippen LogP) is 6.13. The predicted molar refractivity (Wildman–Crippen MR) is 108 cm³/mol. The van der Waals surface area contributed by atoms with E-state index in [9.17, 15) is 0 Å². The Bertz CT molecular complexity index is 1220. The third-order valence-electron chi connectivity index (χ3n) is 4.98. The molecule has 26 heavy (non-hydrogen) atoms. The summed E-state index contributed by atoms with van der Waals surface area (Å²) in [5.74, 6) is 1.01. The Hall–Kier alpha value is -3.39. The fourth-order valence-corrected chi connectivity index (χ4v) is 3.87. The van der Waals surface area contributed by atoms with Crippen molar-refractivity contribution in [3.63, 3.8) is 0 Å². The van der Waals surface area contributed by atoms with Crippen LogP contribution in [0.3, 0.4) is 0 Å². The molecule has 0 amide bonds. The van der Waals surface area contributed by atoms with E-state index in [0.29, 0.717) is 0 Å². The number of rotatable bonds is 2. The Kier molecular flexibility index (Phi) is 3.36. The third kappa shape index (κ3) is 2.16. The molecule has 5 aromatic rings. The fourth-order valence-electron chi connectivity index (χ4n) is 3.87. The number of aromatic nitrogens is 2. The molecular weight excluding hydrogens is 316 g/mol. The Morgan fingerprint density at radius 3 is 1.88 bits per heavy atom. The van der Waals surface area contributed by atoms with Crippen molar-refractivity contribution in [2.24, 2.45) is 0 Å². The van der Waals surface area contributed by atoms with Crippen LogP contribution in [0.1, 0.15) is 5.82 Å². The van der Waals surface area contributed by atoms with E-state index in [0.717, 1.165) is 11.3 Å². The molecule has 0 aliphatic heterocycles. The molecule has 0 spiro atoms. The molecular formula is C24H18N2. The highest BCUT2D eigenvalue weighted by Crippen LogP contribution is 2.41. The number of pyridine rings is 1. The Balaban J connectivity index is 2.06. The van der Waals surface area contributed by atoms with E-state index in [4.69, 9.17) is 0 Å². The van der Waals surface area contributed by atoms with Crippen molar-refractivity contribution in [1.29, 1.82) is 0 Å². The van der Waals surface area contributed by atoms with Crippen molar-refractivity contribution in [3.8, 4) is 22.3 Å². The minimum absolute atomic E-state index is 1.01. The molecule has 0 N–H and O–H groups in total. The van der Waals surface area contributed by atoms with Gasteiger partial charge in [0.2, 0.25) is 0 Å². The van der Waals surface area contributed by atoms with Gasteiger partial charge in [-0.2, -0.15) is 0 Å². The molecule has 0 aliphatic rings. The molecule has 2 nitrogen and oxygen atoms in total. The number of nitrogens with zero attached hydrogens (tertiary/aromatic N) is 2. The van der Waals surface area contributed by atoms with E-state index in [2.05, 4.69) is 101 Å². The standard InChI is InChI=1S/C24H18N2/c1-17-25-16-22-24(19-12-6-3-7-13-19)23(18-10-4-2-5-11-18)20-14-8-9-15-21(20)26(17)22/h2-16H,1H3. The molecule has 0 atom stereocenters. The largest absolute Gasteiger partial charge is 0.296 e. The molecule has 0 fully saturated rings. The lowest BCUT2D eigenvalue weighted by atomic mass is 9.91. The molecule has 2 aromatic heterocycles. The first-order chi connectivity index (χ1) is 12.8. The molecule has 0 saturated heterocycles. The summed E-state index contributed by atoms with van der Waals surface area (Å²) in [6.45, 7) is 2.07. The van der Waals surface area contributed by atoms with Crippen LogP contribution >= 0.6 is 0 Å². The van der Waals surface area contributed by atoms with E-state index in [1.165, 1.54) is 33.2 Å². The van der Waals surface area contributed by atoms with Crippen LogP contribution < -0.4 is 0 Å². The number of aryl methyl sites for hydroxylation is 1. The summed E-state index contributed by atoms with van der Waals surface area (Å²) in [4.78, 5) is 4.63. The lowest BCUT2D eigenvalue weighted by molar-refractivity contribution is 1.08. The zero-order valence-corrected chi connectivity index (χ0v) is 14.6. The van der Waals surface area contributed by atoms with Crippen molar-refractivity contribution >= 4 is 16.4 Å². The van der Waals surface area contributed by atoms with Crippen LogP contribution in [0.5, 0.6) is 0 Å². The van der Waals surface area contributed by atoms with E-state index < -0.39 is 0 Å². The smallest absolute Gasteiger partial charge is 0.110 e. The highest BCUT2D eigenvalue weighted by Gasteiger charge is 2.18. The molecule has 2 heteroatoms. The van der Waals surface area contributed by atoms with Gasteiger partial charge in [0, 0.05) is 16.5 Å². The van der Waals surface area contributed by atoms with Gasteiger partial charge in [0.25, 0.3) is 0 Å². The second-order valence-electron chi connectivity index (χ2n) is 6.53. The molecule has 124 valence electrons. The summed E-state index contributed by atoms with van der Waals surface area (Å²) in [5.41, 5.74) is 7.27. The minimum atomic E-state index is 1.01. The van der Waals surface area contributed by atoms with E-state index in [1.807, 2.05) is 6.20 Å². The molecule has 0 unspecified atom stereocenters. The average molecular weight is 334 g/mol. The first kappa shape index (κ1) is 14.9. The van der Waals surface area contributed by atoms with Gasteiger partial charge < -0.3 is 0 Å². The number of benzene rings is 3. The van der Waals surface area contributed by atoms with Crippen molar-refractivity contribution < 1.29 is 0 Å². The molecule has 3 aromatic carbocycles. The summed E-state index contributed by atoms with van der Waals surface area (Å²) in [6.07, 6.45) is 2.00. The maximum atomic E-state index is 4.63. The number of fused-ring (bicyclic) bond motifs is 3. The second kappa shape index (κ2) is 5.85. The summed E-state index contributed by atoms with van der Waals surface area (Å²) in [7, 11) is 0. The van der Waals surface area contributed by atoms with Crippen LogP contribution in [0.2, 0.25) is 0 Å². The van der Waals surface area contributed by atoms with Crippen LogP contribution in [-0.4, -0.2) is 9.38 Å². The van der Waals surface area contributed by atoms with Gasteiger partial charge in [-0.3, -0.25) is 4.40 Å². The third-order valence-corrected chi connectivity index (χ3v) is 4.98. The van der Waals surface area contributed by atoms with Gasteiger partial charge in [-0.05, 0) is 24.1 Å². The topological polar surface area (TPSA) is 17.3 Å². The fraction of sp³-hybridized carbons (Fsp3) is 0.0417. The highest BCUT2D eigenvalue weighted by molar-refractivity contribution is 6.08. The van der Waals surface area contributed by atoms with Crippen LogP contribution in [-0.2, 0) is 0 Å². The maximum Gasteiger partial charge on any atom is 0.110 e. The number of imidazole rings is 1. The van der Waals surface area contributed by atoms with Crippen molar-refractivity contribution in [3.05, 3.63) is 97.0 Å². The Morgan fingerprint density at radius 1 is 0.615 bits per heavy atom. The maximum absolute atomic E-state index is 4.63. The molecule has 2 heterocycles. The van der Waals surface area contributed by atoms with Crippen LogP contribution in [0, 0.1) is 6.92 Å². The summed E-state index contributed by atoms with van der Waals surface area (Å²) < 4.78 is 2.27. The van der Waals surface area contributed by atoms with Crippen LogP contribution in [0.4, 0.5) is 0 Å². The van der Waals surface area contributed by atoms with Gasteiger partial charge in [0.1, 0.15) is 5.82 Å². The zero-order valence-electron chi connectivity index (χ0n) is 14.6. The van der Waals surface area contributed by atoms with Crippen molar-refractivity contribution in [2.75, 3.05) is 0 Å². The average Bonchev–Trinajstić information content (AvgIpc) is 3.10. The summed E-state index contributed by atoms with van der Waals surface area (Å²) >= 11 is 0. The number of hydrogen-bond acceptors (Lipinski definition) is 1. The van der Waals surface area contributed by atoms with E-state index >= 15 is 0 Å². The van der Waals surface area contributed by atoms with E-state index in [-0.39, 0.29) is 0 Å². The van der Waals surface area contributed by atoms with Gasteiger partial charge in [-0.1, -0.05) is 78.9 Å².